The van der Waals surface area contributed by atoms with Crippen molar-refractivity contribution in [3.05, 3.63) is 36.2 Å². The predicted molar refractivity (Wildman–Crippen MR) is 104 cm³/mol. The summed E-state index contributed by atoms with van der Waals surface area (Å²) in [6, 6.07) is 6.01. The summed E-state index contributed by atoms with van der Waals surface area (Å²) < 4.78 is 7.39. The highest BCUT2D eigenvalue weighted by molar-refractivity contribution is 6.06. The number of amides is 1. The molecule has 3 aromatic heterocycles. The number of carbonyl (C=O) groups is 1. The fourth-order valence-corrected chi connectivity index (χ4v) is 3.62. The highest BCUT2D eigenvalue weighted by Gasteiger charge is 2.31. The number of hydrogen-bond acceptors (Lipinski definition) is 5. The van der Waals surface area contributed by atoms with Crippen molar-refractivity contribution in [3.63, 3.8) is 0 Å². The van der Waals surface area contributed by atoms with E-state index in [1.54, 1.807) is 12.5 Å². The lowest BCUT2D eigenvalue weighted by Gasteiger charge is -2.38. The summed E-state index contributed by atoms with van der Waals surface area (Å²) in [4.78, 5) is 20.2. The minimum Gasteiger partial charge on any atom is -0.463 e. The molecule has 1 saturated heterocycles. The predicted octanol–water partition coefficient (Wildman–Crippen LogP) is 3.09. The number of pyridine rings is 1. The van der Waals surface area contributed by atoms with Crippen LogP contribution in [0.15, 0.2) is 35.1 Å². The SMILES string of the molecule is CC1NCCN(C(=O)c2cc(-c3ccco3)nc3c2cnn3C(C)C)C1C. The molecule has 7 nitrogen and oxygen atoms in total. The molecular weight excluding hydrogens is 342 g/mol. The van der Waals surface area contributed by atoms with Crippen molar-refractivity contribution >= 4 is 16.9 Å². The molecule has 2 unspecified atom stereocenters. The maximum absolute atomic E-state index is 13.5. The van der Waals surface area contributed by atoms with Crippen LogP contribution in [0.25, 0.3) is 22.5 Å². The second-order valence-corrected chi connectivity index (χ2v) is 7.43. The first-order valence-corrected chi connectivity index (χ1v) is 9.44. The minimum atomic E-state index is 0.0133. The minimum absolute atomic E-state index is 0.0133. The average molecular weight is 367 g/mol. The van der Waals surface area contributed by atoms with Crippen LogP contribution >= 0.6 is 0 Å². The summed E-state index contributed by atoms with van der Waals surface area (Å²) >= 11 is 0. The Labute approximate surface area is 158 Å². The Bertz CT molecular complexity index is 960. The maximum Gasteiger partial charge on any atom is 0.255 e. The lowest BCUT2D eigenvalue weighted by atomic mass is 10.0. The molecule has 142 valence electrons. The molecular formula is C20H25N5O2. The van der Waals surface area contributed by atoms with Gasteiger partial charge in [-0.15, -0.1) is 0 Å². The third-order valence-electron chi connectivity index (χ3n) is 5.36. The second kappa shape index (κ2) is 6.81. The molecule has 0 spiro atoms. The van der Waals surface area contributed by atoms with Gasteiger partial charge in [-0.05, 0) is 45.9 Å². The van der Waals surface area contributed by atoms with Gasteiger partial charge in [0.05, 0.1) is 23.4 Å². The first-order chi connectivity index (χ1) is 13.0. The van der Waals surface area contributed by atoms with Crippen molar-refractivity contribution < 1.29 is 9.21 Å². The fraction of sp³-hybridized carbons (Fsp3) is 0.450. The molecule has 0 aromatic carbocycles. The summed E-state index contributed by atoms with van der Waals surface area (Å²) in [5, 5.41) is 8.68. The number of nitrogens with one attached hydrogen (secondary N) is 1. The smallest absolute Gasteiger partial charge is 0.255 e. The van der Waals surface area contributed by atoms with Crippen molar-refractivity contribution in [3.8, 4) is 11.5 Å². The Hall–Kier alpha value is -2.67. The molecule has 0 bridgehead atoms. The van der Waals surface area contributed by atoms with Crippen molar-refractivity contribution in [1.29, 1.82) is 0 Å². The van der Waals surface area contributed by atoms with Crippen LogP contribution in [0.2, 0.25) is 0 Å². The van der Waals surface area contributed by atoms with Gasteiger partial charge in [0.1, 0.15) is 5.69 Å². The summed E-state index contributed by atoms with van der Waals surface area (Å²) in [6.45, 7) is 9.77. The third kappa shape index (κ3) is 3.02. The van der Waals surface area contributed by atoms with E-state index in [1.165, 1.54) is 0 Å². The van der Waals surface area contributed by atoms with Crippen LogP contribution in [0.3, 0.4) is 0 Å². The van der Waals surface area contributed by atoms with E-state index >= 15 is 0 Å². The first-order valence-electron chi connectivity index (χ1n) is 9.44. The lowest BCUT2D eigenvalue weighted by molar-refractivity contribution is 0.0605. The third-order valence-corrected chi connectivity index (χ3v) is 5.36. The molecule has 0 aliphatic carbocycles. The van der Waals surface area contributed by atoms with Crippen molar-refractivity contribution in [2.75, 3.05) is 13.1 Å². The fourth-order valence-electron chi connectivity index (χ4n) is 3.62. The summed E-state index contributed by atoms with van der Waals surface area (Å²) in [5.41, 5.74) is 1.98. The lowest BCUT2D eigenvalue weighted by Crippen LogP contribution is -2.57. The van der Waals surface area contributed by atoms with E-state index in [2.05, 4.69) is 38.1 Å². The van der Waals surface area contributed by atoms with E-state index < -0.39 is 0 Å². The summed E-state index contributed by atoms with van der Waals surface area (Å²) in [5.74, 6) is 0.656. The van der Waals surface area contributed by atoms with E-state index in [-0.39, 0.29) is 24.0 Å². The Morgan fingerprint density at radius 2 is 2.19 bits per heavy atom. The van der Waals surface area contributed by atoms with Gasteiger partial charge in [0.2, 0.25) is 0 Å². The molecule has 4 heterocycles. The van der Waals surface area contributed by atoms with E-state index in [0.29, 0.717) is 29.2 Å². The molecule has 27 heavy (non-hydrogen) atoms. The van der Waals surface area contributed by atoms with E-state index in [0.717, 1.165) is 11.9 Å². The Morgan fingerprint density at radius 1 is 1.37 bits per heavy atom. The molecule has 0 saturated carbocycles. The van der Waals surface area contributed by atoms with Crippen LogP contribution in [0.1, 0.15) is 44.1 Å². The van der Waals surface area contributed by atoms with Crippen molar-refractivity contribution in [2.45, 2.75) is 45.8 Å². The Morgan fingerprint density at radius 3 is 2.89 bits per heavy atom. The molecule has 1 fully saturated rings. The van der Waals surface area contributed by atoms with Crippen molar-refractivity contribution in [2.24, 2.45) is 0 Å². The molecule has 3 aromatic rings. The number of carbonyl (C=O) groups excluding carboxylic acids is 1. The van der Waals surface area contributed by atoms with Crippen LogP contribution < -0.4 is 5.32 Å². The average Bonchev–Trinajstić information content (AvgIpc) is 3.32. The largest absolute Gasteiger partial charge is 0.463 e. The van der Waals surface area contributed by atoms with Crippen LogP contribution in [-0.4, -0.2) is 50.7 Å². The van der Waals surface area contributed by atoms with Crippen LogP contribution in [-0.2, 0) is 0 Å². The van der Waals surface area contributed by atoms with Gasteiger partial charge in [-0.1, -0.05) is 0 Å². The molecule has 4 rings (SSSR count). The molecule has 1 N–H and O–H groups in total. The zero-order valence-corrected chi connectivity index (χ0v) is 16.1. The quantitative estimate of drug-likeness (QED) is 0.770. The number of hydrogen-bond donors (Lipinski definition) is 1. The second-order valence-electron chi connectivity index (χ2n) is 7.43. The number of fused-ring (bicyclic) bond motifs is 1. The molecule has 0 radical (unpaired) electrons. The number of piperazine rings is 1. The van der Waals surface area contributed by atoms with Crippen LogP contribution in [0, 0.1) is 0 Å². The van der Waals surface area contributed by atoms with Gasteiger partial charge in [0, 0.05) is 31.2 Å². The van der Waals surface area contributed by atoms with Gasteiger partial charge < -0.3 is 14.6 Å². The van der Waals surface area contributed by atoms with Gasteiger partial charge in [-0.3, -0.25) is 4.79 Å². The molecule has 7 heteroatoms. The van der Waals surface area contributed by atoms with Gasteiger partial charge in [-0.2, -0.15) is 5.10 Å². The normalized spacial score (nSPS) is 20.6. The van der Waals surface area contributed by atoms with Crippen LogP contribution in [0.4, 0.5) is 0 Å². The van der Waals surface area contributed by atoms with Gasteiger partial charge >= 0.3 is 0 Å². The van der Waals surface area contributed by atoms with Gasteiger partial charge in [0.15, 0.2) is 11.4 Å². The van der Waals surface area contributed by atoms with E-state index in [4.69, 9.17) is 9.40 Å². The molecule has 1 aliphatic heterocycles. The molecule has 1 amide bonds. The van der Waals surface area contributed by atoms with Gasteiger partial charge in [0.25, 0.3) is 5.91 Å². The maximum atomic E-state index is 13.5. The highest BCUT2D eigenvalue weighted by Crippen LogP contribution is 2.28. The number of furan rings is 1. The number of nitrogens with zero attached hydrogens (tertiary/aromatic N) is 4. The van der Waals surface area contributed by atoms with E-state index in [1.807, 2.05) is 27.8 Å². The Kier molecular flexibility index (Phi) is 4.47. The number of aromatic nitrogens is 3. The van der Waals surface area contributed by atoms with Crippen molar-refractivity contribution in [1.82, 2.24) is 25.0 Å². The topological polar surface area (TPSA) is 76.2 Å². The van der Waals surface area contributed by atoms with E-state index in [9.17, 15) is 4.79 Å². The summed E-state index contributed by atoms with van der Waals surface area (Å²) in [6.07, 6.45) is 3.36. The van der Waals surface area contributed by atoms with Crippen LogP contribution in [0.5, 0.6) is 0 Å². The molecule has 2 atom stereocenters. The summed E-state index contributed by atoms with van der Waals surface area (Å²) in [7, 11) is 0. The zero-order chi connectivity index (χ0) is 19.1. The zero-order valence-electron chi connectivity index (χ0n) is 16.1. The Balaban J connectivity index is 1.87. The number of rotatable bonds is 3. The van der Waals surface area contributed by atoms with Gasteiger partial charge in [-0.25, -0.2) is 9.67 Å². The molecule has 1 aliphatic rings. The monoisotopic (exact) mass is 367 g/mol. The highest BCUT2D eigenvalue weighted by atomic mass is 16.3. The first kappa shape index (κ1) is 17.7. The standard InChI is InChI=1S/C20H25N5O2/c1-12(2)25-19-16(11-22-25)15(10-17(23-19)18-6-5-9-27-18)20(26)24-8-7-21-13(3)14(24)4/h5-6,9-14,21H,7-8H2,1-4H3.